The van der Waals surface area contributed by atoms with Crippen molar-refractivity contribution in [1.82, 2.24) is 19.8 Å². The first-order chi connectivity index (χ1) is 11.1. The van der Waals surface area contributed by atoms with E-state index in [1.54, 1.807) is 6.07 Å². The molecular weight excluding hydrogens is 294 g/mol. The summed E-state index contributed by atoms with van der Waals surface area (Å²) in [5.41, 5.74) is 6.85. The number of hydrogen-bond acceptors (Lipinski definition) is 5. The lowest BCUT2D eigenvalue weighted by Crippen LogP contribution is -2.21. The molecule has 7 heteroatoms. The van der Waals surface area contributed by atoms with Gasteiger partial charge in [0.2, 0.25) is 0 Å². The van der Waals surface area contributed by atoms with Crippen LogP contribution < -0.4 is 15.8 Å². The molecule has 1 aromatic heterocycles. The molecule has 1 amide bonds. The molecule has 3 rings (SSSR count). The van der Waals surface area contributed by atoms with Crippen molar-refractivity contribution < 1.29 is 9.53 Å². The van der Waals surface area contributed by atoms with Gasteiger partial charge in [0.15, 0.2) is 5.75 Å². The third-order valence-electron chi connectivity index (χ3n) is 4.18. The van der Waals surface area contributed by atoms with Crippen LogP contribution in [-0.2, 0) is 6.54 Å². The fourth-order valence-corrected chi connectivity index (χ4v) is 3.05. The number of nitrogens with two attached hydrogens (primary N) is 1. The number of ether oxygens (including phenoxy) is 1. The number of benzene rings is 1. The molecule has 1 aliphatic rings. The van der Waals surface area contributed by atoms with Gasteiger partial charge in [-0.3, -0.25) is 0 Å². The normalized spacial score (nSPS) is 18.0. The summed E-state index contributed by atoms with van der Waals surface area (Å²) in [5, 5.41) is 3.38. The average Bonchev–Trinajstić information content (AvgIpc) is 3.12. The maximum absolute atomic E-state index is 11.1. The highest BCUT2D eigenvalue weighted by Crippen LogP contribution is 2.31. The van der Waals surface area contributed by atoms with E-state index in [-0.39, 0.29) is 0 Å². The Hall–Kier alpha value is -2.12. The van der Waals surface area contributed by atoms with Crippen LogP contribution >= 0.6 is 0 Å². The predicted molar refractivity (Wildman–Crippen MR) is 88.7 cm³/mol. The molecule has 23 heavy (non-hydrogen) atoms. The summed E-state index contributed by atoms with van der Waals surface area (Å²) in [6.45, 7) is 3.69. The summed E-state index contributed by atoms with van der Waals surface area (Å²) in [7, 11) is 4.11. The maximum atomic E-state index is 11.1. The van der Waals surface area contributed by atoms with Gasteiger partial charge in [-0.15, -0.1) is 0 Å². The van der Waals surface area contributed by atoms with Gasteiger partial charge < -0.3 is 25.3 Å². The lowest BCUT2D eigenvalue weighted by Gasteiger charge is -2.16. The van der Waals surface area contributed by atoms with Gasteiger partial charge in [-0.2, -0.15) is 0 Å². The van der Waals surface area contributed by atoms with E-state index in [1.165, 1.54) is 0 Å². The second-order valence-electron chi connectivity index (χ2n) is 6.16. The van der Waals surface area contributed by atoms with Crippen LogP contribution in [0.1, 0.15) is 18.2 Å². The van der Waals surface area contributed by atoms with Crippen molar-refractivity contribution in [2.24, 2.45) is 5.73 Å². The number of primary amides is 1. The maximum Gasteiger partial charge on any atom is 0.410 e. The zero-order chi connectivity index (χ0) is 16.4. The first kappa shape index (κ1) is 15.8. The molecule has 1 fully saturated rings. The molecular formula is C16H23N5O2. The van der Waals surface area contributed by atoms with E-state index in [9.17, 15) is 4.79 Å². The highest BCUT2D eigenvalue weighted by atomic mass is 16.5. The number of nitrogens with zero attached hydrogens (tertiary/aromatic N) is 3. The lowest BCUT2D eigenvalue weighted by atomic mass is 10.1. The first-order valence-electron chi connectivity index (χ1n) is 7.88. The number of carbonyl (C=O) groups excluding carboxylic acids is 1. The molecule has 3 N–H and O–H groups in total. The molecule has 2 heterocycles. The van der Waals surface area contributed by atoms with E-state index in [0.717, 1.165) is 43.9 Å². The van der Waals surface area contributed by atoms with E-state index >= 15 is 0 Å². The second-order valence-corrected chi connectivity index (χ2v) is 6.16. The molecule has 124 valence electrons. The lowest BCUT2D eigenvalue weighted by molar-refractivity contribution is 0.211. The largest absolute Gasteiger partial charge is 0.410 e. The molecule has 0 radical (unpaired) electrons. The summed E-state index contributed by atoms with van der Waals surface area (Å²) in [4.78, 5) is 18.1. The number of imidazole rings is 1. The molecule has 7 nitrogen and oxygen atoms in total. The number of nitrogens with one attached hydrogen (secondary N) is 1. The summed E-state index contributed by atoms with van der Waals surface area (Å²) < 4.78 is 7.36. The van der Waals surface area contributed by atoms with E-state index in [0.29, 0.717) is 17.2 Å². The Kier molecular flexibility index (Phi) is 4.49. The van der Waals surface area contributed by atoms with Crippen molar-refractivity contribution in [2.75, 3.05) is 33.7 Å². The highest BCUT2D eigenvalue weighted by molar-refractivity contribution is 5.85. The van der Waals surface area contributed by atoms with Crippen molar-refractivity contribution in [3.8, 4) is 5.75 Å². The summed E-state index contributed by atoms with van der Waals surface area (Å²) in [6, 6.07) is 5.61. The predicted octanol–water partition coefficient (Wildman–Crippen LogP) is 1.13. The molecule has 1 aliphatic heterocycles. The number of rotatable bonds is 5. The highest BCUT2D eigenvalue weighted by Gasteiger charge is 2.24. The minimum absolute atomic E-state index is 0.381. The van der Waals surface area contributed by atoms with Crippen molar-refractivity contribution in [3.05, 3.63) is 24.0 Å². The Morgan fingerprint density at radius 2 is 2.35 bits per heavy atom. The van der Waals surface area contributed by atoms with Gasteiger partial charge in [0.05, 0.1) is 5.52 Å². The fourth-order valence-electron chi connectivity index (χ4n) is 3.05. The van der Waals surface area contributed by atoms with Gasteiger partial charge in [-0.1, -0.05) is 6.07 Å². The molecule has 0 spiro atoms. The summed E-state index contributed by atoms with van der Waals surface area (Å²) in [6.07, 6.45) is 0.251. The quantitative estimate of drug-likeness (QED) is 0.863. The van der Waals surface area contributed by atoms with Gasteiger partial charge in [-0.25, -0.2) is 9.78 Å². The number of carbonyl (C=O) groups is 1. The molecule has 0 saturated carbocycles. The van der Waals surface area contributed by atoms with Crippen LogP contribution in [0.4, 0.5) is 4.79 Å². The molecule has 0 bridgehead atoms. The van der Waals surface area contributed by atoms with Crippen LogP contribution in [0.2, 0.25) is 0 Å². The number of aromatic nitrogens is 2. The zero-order valence-electron chi connectivity index (χ0n) is 13.6. The van der Waals surface area contributed by atoms with E-state index in [2.05, 4.69) is 28.9 Å². The van der Waals surface area contributed by atoms with Gasteiger partial charge >= 0.3 is 6.09 Å². The van der Waals surface area contributed by atoms with E-state index in [4.69, 9.17) is 15.5 Å². The van der Waals surface area contributed by atoms with Crippen LogP contribution in [0.5, 0.6) is 5.75 Å². The van der Waals surface area contributed by atoms with Crippen molar-refractivity contribution in [2.45, 2.75) is 18.9 Å². The summed E-state index contributed by atoms with van der Waals surface area (Å²) in [5.74, 6) is 1.85. The van der Waals surface area contributed by atoms with Crippen molar-refractivity contribution in [3.63, 3.8) is 0 Å². The molecule has 1 saturated heterocycles. The average molecular weight is 317 g/mol. The topological polar surface area (TPSA) is 85.4 Å². The third kappa shape index (κ3) is 3.30. The second kappa shape index (κ2) is 6.55. The monoisotopic (exact) mass is 317 g/mol. The number of amides is 1. The third-order valence-corrected chi connectivity index (χ3v) is 4.18. The summed E-state index contributed by atoms with van der Waals surface area (Å²) >= 11 is 0. The first-order valence-corrected chi connectivity index (χ1v) is 7.88. The number of likely N-dealkylation sites (N-methyl/N-ethyl adjacent to an activating group) is 1. The Bertz CT molecular complexity index is 704. The van der Waals surface area contributed by atoms with Crippen LogP contribution in [0.15, 0.2) is 18.2 Å². The van der Waals surface area contributed by atoms with Gasteiger partial charge in [0, 0.05) is 25.6 Å². The molecule has 0 aliphatic carbocycles. The number of para-hydroxylation sites is 1. The number of hydrogen-bond donors (Lipinski definition) is 2. The number of fused-ring (bicyclic) bond motifs is 1. The molecule has 1 aromatic carbocycles. The molecule has 1 unspecified atom stereocenters. The van der Waals surface area contributed by atoms with Gasteiger partial charge in [0.1, 0.15) is 11.3 Å². The van der Waals surface area contributed by atoms with Crippen LogP contribution in [0, 0.1) is 0 Å². The van der Waals surface area contributed by atoms with E-state index in [1.807, 2.05) is 12.1 Å². The zero-order valence-corrected chi connectivity index (χ0v) is 13.6. The van der Waals surface area contributed by atoms with Crippen LogP contribution in [-0.4, -0.2) is 54.3 Å². The van der Waals surface area contributed by atoms with Gasteiger partial charge in [-0.05, 0) is 39.2 Å². The fraction of sp³-hybridized carbons (Fsp3) is 0.500. The van der Waals surface area contributed by atoms with E-state index < -0.39 is 6.09 Å². The Balaban J connectivity index is 2.07. The van der Waals surface area contributed by atoms with Crippen LogP contribution in [0.3, 0.4) is 0 Å². The van der Waals surface area contributed by atoms with Gasteiger partial charge in [0.25, 0.3) is 0 Å². The SMILES string of the molecule is CN(C)CCn1c(C2CCNC2)nc2c(OC(N)=O)cccc21. The standard InChI is InChI=1S/C16H23N5O2/c1-20(2)8-9-21-12-4-3-5-13(23-16(17)22)14(12)19-15(21)11-6-7-18-10-11/h3-5,11,18H,6-10H2,1-2H3,(H2,17,22). The Labute approximate surface area is 135 Å². The minimum Gasteiger partial charge on any atom is -0.408 e. The smallest absolute Gasteiger partial charge is 0.408 e. The molecule has 1 atom stereocenters. The van der Waals surface area contributed by atoms with Crippen LogP contribution in [0.25, 0.3) is 11.0 Å². The molecule has 2 aromatic rings. The Morgan fingerprint density at radius 3 is 3.00 bits per heavy atom. The van der Waals surface area contributed by atoms with Crippen molar-refractivity contribution >= 4 is 17.1 Å². The Morgan fingerprint density at radius 1 is 1.52 bits per heavy atom. The van der Waals surface area contributed by atoms with Crippen molar-refractivity contribution in [1.29, 1.82) is 0 Å². The minimum atomic E-state index is -0.815.